The Morgan fingerprint density at radius 3 is 2.83 bits per heavy atom. The summed E-state index contributed by atoms with van der Waals surface area (Å²) in [5, 5.41) is 0. The molecule has 160 valence electrons. The second kappa shape index (κ2) is 8.83. The molecule has 1 aromatic heterocycles. The van der Waals surface area contributed by atoms with E-state index in [-0.39, 0.29) is 16.9 Å². The van der Waals surface area contributed by atoms with Gasteiger partial charge in [0.15, 0.2) is 0 Å². The molecule has 3 heterocycles. The third kappa shape index (κ3) is 4.40. The van der Waals surface area contributed by atoms with E-state index in [2.05, 4.69) is 4.98 Å². The average Bonchev–Trinajstić information content (AvgIpc) is 2.77. The van der Waals surface area contributed by atoms with Crippen molar-refractivity contribution < 1.29 is 17.9 Å². The maximum atomic E-state index is 13.3. The average molecular weight is 430 g/mol. The molecule has 8 heteroatoms. The van der Waals surface area contributed by atoms with Crippen LogP contribution in [-0.2, 0) is 32.6 Å². The SMILES string of the molecule is CC(=O)N1CCCc2cc(S(=O)(=O)N3CCCC(OCc4ccccn4)C3)ccc21. The predicted molar refractivity (Wildman–Crippen MR) is 114 cm³/mol. The zero-order valence-corrected chi connectivity index (χ0v) is 18.0. The molecule has 1 aromatic carbocycles. The van der Waals surface area contributed by atoms with E-state index in [1.165, 1.54) is 4.31 Å². The lowest BCUT2D eigenvalue weighted by Gasteiger charge is -2.33. The molecule has 0 radical (unpaired) electrons. The van der Waals surface area contributed by atoms with Gasteiger partial charge in [0.2, 0.25) is 15.9 Å². The monoisotopic (exact) mass is 429 g/mol. The fourth-order valence-corrected chi connectivity index (χ4v) is 5.72. The molecule has 0 saturated carbocycles. The Balaban J connectivity index is 1.48. The van der Waals surface area contributed by atoms with Crippen molar-refractivity contribution in [2.75, 3.05) is 24.5 Å². The number of hydrogen-bond acceptors (Lipinski definition) is 5. The van der Waals surface area contributed by atoms with Crippen LogP contribution in [0.2, 0.25) is 0 Å². The van der Waals surface area contributed by atoms with Crippen LogP contribution in [0, 0.1) is 0 Å². The van der Waals surface area contributed by atoms with E-state index in [0.29, 0.717) is 26.2 Å². The van der Waals surface area contributed by atoms with E-state index in [9.17, 15) is 13.2 Å². The number of anilines is 1. The molecule has 1 fully saturated rings. The van der Waals surface area contributed by atoms with E-state index in [1.807, 2.05) is 18.2 Å². The molecule has 0 bridgehead atoms. The van der Waals surface area contributed by atoms with Crippen LogP contribution in [0.3, 0.4) is 0 Å². The van der Waals surface area contributed by atoms with Gasteiger partial charge < -0.3 is 9.64 Å². The molecule has 1 saturated heterocycles. The number of sulfonamides is 1. The van der Waals surface area contributed by atoms with Gasteiger partial charge in [-0.05, 0) is 61.6 Å². The van der Waals surface area contributed by atoms with E-state index < -0.39 is 10.0 Å². The minimum atomic E-state index is -3.61. The molecule has 2 aliphatic rings. The van der Waals surface area contributed by atoms with Gasteiger partial charge in [-0.25, -0.2) is 8.42 Å². The van der Waals surface area contributed by atoms with Crippen molar-refractivity contribution in [2.24, 2.45) is 0 Å². The van der Waals surface area contributed by atoms with E-state index in [0.717, 1.165) is 42.6 Å². The third-order valence-corrected chi connectivity index (χ3v) is 7.58. The van der Waals surface area contributed by atoms with Crippen LogP contribution in [0.25, 0.3) is 0 Å². The van der Waals surface area contributed by atoms with Crippen LogP contribution in [0.15, 0.2) is 47.5 Å². The van der Waals surface area contributed by atoms with Crippen molar-refractivity contribution in [1.82, 2.24) is 9.29 Å². The summed E-state index contributed by atoms with van der Waals surface area (Å²) < 4.78 is 34.0. The first-order chi connectivity index (χ1) is 14.4. The molecule has 0 spiro atoms. The van der Waals surface area contributed by atoms with Crippen LogP contribution in [-0.4, -0.2) is 49.4 Å². The van der Waals surface area contributed by atoms with Crippen LogP contribution < -0.4 is 4.90 Å². The van der Waals surface area contributed by atoms with E-state index in [4.69, 9.17) is 4.74 Å². The highest BCUT2D eigenvalue weighted by molar-refractivity contribution is 7.89. The zero-order chi connectivity index (χ0) is 21.1. The highest BCUT2D eigenvalue weighted by Gasteiger charge is 2.32. The lowest BCUT2D eigenvalue weighted by Crippen LogP contribution is -2.43. The van der Waals surface area contributed by atoms with Crippen LogP contribution in [0.5, 0.6) is 0 Å². The molecule has 0 aliphatic carbocycles. The summed E-state index contributed by atoms with van der Waals surface area (Å²) in [5.74, 6) is -0.0181. The first-order valence-corrected chi connectivity index (χ1v) is 11.8. The lowest BCUT2D eigenvalue weighted by molar-refractivity contribution is -0.116. The second-order valence-electron chi connectivity index (χ2n) is 7.82. The molecule has 7 nitrogen and oxygen atoms in total. The fourth-order valence-electron chi connectivity index (χ4n) is 4.16. The maximum Gasteiger partial charge on any atom is 0.243 e. The zero-order valence-electron chi connectivity index (χ0n) is 17.2. The van der Waals surface area contributed by atoms with Gasteiger partial charge in [-0.3, -0.25) is 9.78 Å². The Labute approximate surface area is 177 Å². The van der Waals surface area contributed by atoms with Gasteiger partial charge in [-0.15, -0.1) is 0 Å². The first kappa shape index (κ1) is 21.0. The summed E-state index contributed by atoms with van der Waals surface area (Å²) in [5.41, 5.74) is 2.57. The molecule has 1 amide bonds. The number of pyridine rings is 1. The fraction of sp³-hybridized carbons (Fsp3) is 0.455. The molecule has 1 atom stereocenters. The highest BCUT2D eigenvalue weighted by Crippen LogP contribution is 2.31. The van der Waals surface area contributed by atoms with Crippen LogP contribution >= 0.6 is 0 Å². The third-order valence-electron chi connectivity index (χ3n) is 5.72. The Morgan fingerprint density at radius 2 is 2.07 bits per heavy atom. The van der Waals surface area contributed by atoms with Crippen molar-refractivity contribution in [2.45, 2.75) is 50.2 Å². The van der Waals surface area contributed by atoms with Gasteiger partial charge in [0, 0.05) is 38.4 Å². The Morgan fingerprint density at radius 1 is 1.20 bits per heavy atom. The molecule has 0 N–H and O–H groups in total. The van der Waals surface area contributed by atoms with Crippen molar-refractivity contribution >= 4 is 21.6 Å². The number of carbonyl (C=O) groups excluding carboxylic acids is 1. The van der Waals surface area contributed by atoms with Crippen molar-refractivity contribution in [3.05, 3.63) is 53.9 Å². The molecule has 2 aliphatic heterocycles. The van der Waals surface area contributed by atoms with Gasteiger partial charge in [-0.1, -0.05) is 6.07 Å². The van der Waals surface area contributed by atoms with Gasteiger partial charge in [-0.2, -0.15) is 4.31 Å². The molecule has 4 rings (SSSR count). The number of nitrogens with zero attached hydrogens (tertiary/aromatic N) is 3. The number of benzene rings is 1. The number of carbonyl (C=O) groups is 1. The normalized spacial score (nSPS) is 20.0. The highest BCUT2D eigenvalue weighted by atomic mass is 32.2. The smallest absolute Gasteiger partial charge is 0.243 e. The lowest BCUT2D eigenvalue weighted by atomic mass is 10.0. The summed E-state index contributed by atoms with van der Waals surface area (Å²) in [4.78, 5) is 18.1. The van der Waals surface area contributed by atoms with Gasteiger partial charge in [0.05, 0.1) is 23.3 Å². The van der Waals surface area contributed by atoms with Gasteiger partial charge in [0.25, 0.3) is 0 Å². The van der Waals surface area contributed by atoms with E-state index in [1.54, 1.807) is 36.2 Å². The standard InChI is InChI=1S/C22H27N3O4S/c1-17(26)25-13-4-6-18-14-21(9-10-22(18)25)30(27,28)24-12-5-8-20(15-24)29-16-19-7-2-3-11-23-19/h2-3,7,9-11,14,20H,4-6,8,12-13,15-16H2,1H3. The summed E-state index contributed by atoms with van der Waals surface area (Å²) >= 11 is 0. The summed E-state index contributed by atoms with van der Waals surface area (Å²) in [6, 6.07) is 10.8. The number of fused-ring (bicyclic) bond motifs is 1. The maximum absolute atomic E-state index is 13.3. The number of aryl methyl sites for hydroxylation is 1. The van der Waals surface area contributed by atoms with Crippen molar-refractivity contribution in [3.63, 3.8) is 0 Å². The number of amides is 1. The predicted octanol–water partition coefficient (Wildman–Crippen LogP) is 2.75. The van der Waals surface area contributed by atoms with E-state index >= 15 is 0 Å². The molecule has 30 heavy (non-hydrogen) atoms. The van der Waals surface area contributed by atoms with Gasteiger partial charge >= 0.3 is 0 Å². The molecule has 2 aromatic rings. The van der Waals surface area contributed by atoms with Crippen molar-refractivity contribution in [1.29, 1.82) is 0 Å². The first-order valence-electron chi connectivity index (χ1n) is 10.4. The Hall–Kier alpha value is -2.29. The quantitative estimate of drug-likeness (QED) is 0.730. The number of rotatable bonds is 5. The Bertz CT molecular complexity index is 1010. The Kier molecular flexibility index (Phi) is 6.17. The largest absolute Gasteiger partial charge is 0.371 e. The second-order valence-corrected chi connectivity index (χ2v) is 9.76. The minimum Gasteiger partial charge on any atom is -0.371 e. The molecular formula is C22H27N3O4S. The summed E-state index contributed by atoms with van der Waals surface area (Å²) in [6.45, 7) is 3.42. The van der Waals surface area contributed by atoms with Crippen LogP contribution in [0.4, 0.5) is 5.69 Å². The number of hydrogen-bond donors (Lipinski definition) is 0. The minimum absolute atomic E-state index is 0.0181. The van der Waals surface area contributed by atoms with Gasteiger partial charge in [0.1, 0.15) is 0 Å². The number of aromatic nitrogens is 1. The number of ether oxygens (including phenoxy) is 1. The molecular weight excluding hydrogens is 402 g/mol. The topological polar surface area (TPSA) is 79.8 Å². The summed E-state index contributed by atoms with van der Waals surface area (Å²) in [7, 11) is -3.61. The van der Waals surface area contributed by atoms with Crippen molar-refractivity contribution in [3.8, 4) is 0 Å². The van der Waals surface area contributed by atoms with Crippen LogP contribution in [0.1, 0.15) is 37.4 Å². The number of piperidine rings is 1. The summed E-state index contributed by atoms with van der Waals surface area (Å²) in [6.07, 6.45) is 4.77. The molecule has 1 unspecified atom stereocenters.